The number of carbonyl (C=O) groups excluding carboxylic acids is 4. The van der Waals surface area contributed by atoms with Crippen molar-refractivity contribution >= 4 is 58.3 Å². The number of alkyl halides is 1. The zero-order valence-electron chi connectivity index (χ0n) is 18.4. The average Bonchev–Trinajstić information content (AvgIpc) is 3.54. The zero-order valence-corrected chi connectivity index (χ0v) is 20.7. The van der Waals surface area contributed by atoms with E-state index in [2.05, 4.69) is 0 Å². The molecule has 5 atom stereocenters. The Bertz CT molecular complexity index is 1220. The molecule has 2 bridgehead atoms. The van der Waals surface area contributed by atoms with E-state index in [-0.39, 0.29) is 40.3 Å². The first-order valence-electron chi connectivity index (χ1n) is 11.3. The molecule has 3 aliphatic rings. The summed E-state index contributed by atoms with van der Waals surface area (Å²) in [7, 11) is 0. The van der Waals surface area contributed by atoms with E-state index in [4.69, 9.17) is 34.8 Å². The van der Waals surface area contributed by atoms with E-state index in [9.17, 15) is 19.2 Å². The Kier molecular flexibility index (Phi) is 6.47. The van der Waals surface area contributed by atoms with Crippen LogP contribution in [-0.2, 0) is 9.59 Å². The molecule has 0 radical (unpaired) electrons. The van der Waals surface area contributed by atoms with Crippen LogP contribution in [0.4, 0.5) is 0 Å². The number of imide groups is 1. The van der Waals surface area contributed by atoms with Crippen LogP contribution in [0, 0.1) is 23.7 Å². The summed E-state index contributed by atoms with van der Waals surface area (Å²) in [6, 6.07) is 11.3. The summed E-state index contributed by atoms with van der Waals surface area (Å²) in [5.41, 5.74) is 0.360. The van der Waals surface area contributed by atoms with Gasteiger partial charge in [-0.3, -0.25) is 19.2 Å². The summed E-state index contributed by atoms with van der Waals surface area (Å²) in [6.45, 7) is 0. The topological polar surface area (TPSA) is 74.8 Å². The summed E-state index contributed by atoms with van der Waals surface area (Å²) in [6.07, 6.45) is 4.70. The van der Waals surface area contributed by atoms with Crippen molar-refractivity contribution in [2.75, 3.05) is 5.88 Å². The standard InChI is InChI=1S/C26H21Cl3N2O4/c27-12-11-20(23(32)14-7-9-17(28)10-8-14)30(24(33)18-3-1-2-4-19(18)29)31-25(34)21-15-5-6-16(13-15)22(21)26(31)35/h1-10,15-16,20-22H,11-13H2/t15-,16-,20+,21-,22+/m0/s1. The van der Waals surface area contributed by atoms with Crippen molar-refractivity contribution in [2.24, 2.45) is 23.7 Å². The van der Waals surface area contributed by atoms with Gasteiger partial charge >= 0.3 is 0 Å². The summed E-state index contributed by atoms with van der Waals surface area (Å²) >= 11 is 18.4. The molecule has 0 N–H and O–H groups in total. The van der Waals surface area contributed by atoms with Crippen molar-refractivity contribution in [3.63, 3.8) is 0 Å². The number of amides is 3. The van der Waals surface area contributed by atoms with Gasteiger partial charge in [0, 0.05) is 16.5 Å². The summed E-state index contributed by atoms with van der Waals surface area (Å²) in [4.78, 5) is 54.9. The highest BCUT2D eigenvalue weighted by Gasteiger charge is 2.62. The molecule has 2 aromatic rings. The van der Waals surface area contributed by atoms with Gasteiger partial charge in [-0.05, 0) is 61.1 Å². The van der Waals surface area contributed by atoms with Crippen LogP contribution in [0.25, 0.3) is 0 Å². The minimum atomic E-state index is -1.20. The quantitative estimate of drug-likeness (QED) is 0.217. The van der Waals surface area contributed by atoms with Gasteiger partial charge in [-0.15, -0.1) is 11.6 Å². The van der Waals surface area contributed by atoms with E-state index >= 15 is 0 Å². The first kappa shape index (κ1) is 24.0. The fourth-order valence-corrected chi connectivity index (χ4v) is 6.05. The predicted molar refractivity (Wildman–Crippen MR) is 132 cm³/mol. The first-order valence-corrected chi connectivity index (χ1v) is 12.6. The van der Waals surface area contributed by atoms with E-state index in [1.807, 2.05) is 12.2 Å². The lowest BCUT2D eigenvalue weighted by Crippen LogP contribution is -2.58. The summed E-state index contributed by atoms with van der Waals surface area (Å²) in [5.74, 6) is -3.28. The molecule has 0 unspecified atom stereocenters. The minimum Gasteiger partial charge on any atom is -0.292 e. The van der Waals surface area contributed by atoms with Crippen LogP contribution in [-0.4, -0.2) is 45.4 Å². The lowest BCUT2D eigenvalue weighted by Gasteiger charge is -2.37. The van der Waals surface area contributed by atoms with Crippen LogP contribution < -0.4 is 0 Å². The van der Waals surface area contributed by atoms with Crippen molar-refractivity contribution in [3.8, 4) is 0 Å². The fraction of sp³-hybridized carbons (Fsp3) is 0.308. The van der Waals surface area contributed by atoms with E-state index in [1.54, 1.807) is 24.3 Å². The molecule has 5 rings (SSSR count). The van der Waals surface area contributed by atoms with Gasteiger partial charge in [0.25, 0.3) is 17.7 Å². The third-order valence-electron chi connectivity index (χ3n) is 7.08. The number of halogens is 3. The molecular formula is C26H21Cl3N2O4. The number of carbonyl (C=O) groups is 4. The third kappa shape index (κ3) is 3.98. The largest absolute Gasteiger partial charge is 0.292 e. The van der Waals surface area contributed by atoms with E-state index in [0.717, 1.165) is 16.4 Å². The number of rotatable bonds is 7. The fourth-order valence-electron chi connectivity index (χ4n) is 5.50. The number of ketones is 1. The first-order chi connectivity index (χ1) is 16.8. The summed E-state index contributed by atoms with van der Waals surface area (Å²) < 4.78 is 0. The molecule has 0 aromatic heterocycles. The monoisotopic (exact) mass is 530 g/mol. The molecule has 2 fully saturated rings. The Hall–Kier alpha value is -2.67. The second-order valence-electron chi connectivity index (χ2n) is 8.98. The van der Waals surface area contributed by atoms with Gasteiger partial charge < -0.3 is 0 Å². The zero-order chi connectivity index (χ0) is 24.9. The Labute approximate surface area is 217 Å². The Morgan fingerprint density at radius 2 is 1.54 bits per heavy atom. The summed E-state index contributed by atoms with van der Waals surface area (Å²) in [5, 5.41) is 2.47. The highest BCUT2D eigenvalue weighted by Crippen LogP contribution is 2.53. The highest BCUT2D eigenvalue weighted by atomic mass is 35.5. The number of Topliss-reactive ketones (excluding diaryl/α,β-unsaturated/α-hetero) is 1. The molecule has 1 saturated carbocycles. The van der Waals surface area contributed by atoms with Crippen LogP contribution in [0.15, 0.2) is 60.7 Å². The van der Waals surface area contributed by atoms with Crippen LogP contribution in [0.1, 0.15) is 33.6 Å². The molecule has 1 heterocycles. The van der Waals surface area contributed by atoms with E-state index in [0.29, 0.717) is 5.02 Å². The SMILES string of the molecule is O=C(c1ccc(Cl)cc1)[C@@H](CCCl)N(C(=O)c1ccccc1Cl)N1C(=O)[C@@H]2[C@H](C1=O)[C@H]1C=C[C@H]2C1. The van der Waals surface area contributed by atoms with Crippen LogP contribution >= 0.6 is 34.8 Å². The second kappa shape index (κ2) is 9.41. The van der Waals surface area contributed by atoms with Gasteiger partial charge in [-0.1, -0.05) is 47.5 Å². The van der Waals surface area contributed by atoms with Crippen molar-refractivity contribution in [1.29, 1.82) is 0 Å². The van der Waals surface area contributed by atoms with Gasteiger partial charge in [-0.2, -0.15) is 5.01 Å². The van der Waals surface area contributed by atoms with Crippen molar-refractivity contribution in [3.05, 3.63) is 81.9 Å². The maximum Gasteiger partial charge on any atom is 0.275 e. The molecule has 35 heavy (non-hydrogen) atoms. The molecule has 2 aromatic carbocycles. The van der Waals surface area contributed by atoms with Crippen LogP contribution in [0.5, 0.6) is 0 Å². The Morgan fingerprint density at radius 1 is 0.943 bits per heavy atom. The molecule has 3 amide bonds. The third-order valence-corrected chi connectivity index (χ3v) is 7.88. The molecule has 9 heteroatoms. The van der Waals surface area contributed by atoms with Crippen molar-refractivity contribution < 1.29 is 19.2 Å². The second-order valence-corrected chi connectivity index (χ2v) is 10.2. The smallest absolute Gasteiger partial charge is 0.275 e. The highest BCUT2D eigenvalue weighted by molar-refractivity contribution is 6.34. The van der Waals surface area contributed by atoms with Crippen LogP contribution in [0.3, 0.4) is 0 Å². The number of fused-ring (bicyclic) bond motifs is 5. The minimum absolute atomic E-state index is 0.0200. The van der Waals surface area contributed by atoms with Gasteiger partial charge in [0.2, 0.25) is 0 Å². The molecule has 180 valence electrons. The molecule has 2 aliphatic carbocycles. The maximum atomic E-state index is 13.9. The number of hydrogen-bond donors (Lipinski definition) is 0. The Morgan fingerprint density at radius 3 is 2.11 bits per heavy atom. The predicted octanol–water partition coefficient (Wildman–Crippen LogP) is 5.04. The normalized spacial score (nSPS) is 25.2. The molecular weight excluding hydrogens is 511 g/mol. The van der Waals surface area contributed by atoms with Gasteiger partial charge in [-0.25, -0.2) is 5.01 Å². The molecule has 1 aliphatic heterocycles. The van der Waals surface area contributed by atoms with E-state index in [1.165, 1.54) is 24.3 Å². The van der Waals surface area contributed by atoms with E-state index < -0.39 is 41.4 Å². The maximum absolute atomic E-state index is 13.9. The van der Waals surface area contributed by atoms with Crippen LogP contribution in [0.2, 0.25) is 10.0 Å². The lowest BCUT2D eigenvalue weighted by atomic mass is 9.85. The molecule has 1 saturated heterocycles. The van der Waals surface area contributed by atoms with Gasteiger partial charge in [0.15, 0.2) is 5.78 Å². The van der Waals surface area contributed by atoms with Crippen molar-refractivity contribution in [2.45, 2.75) is 18.9 Å². The van der Waals surface area contributed by atoms with Gasteiger partial charge in [0.05, 0.1) is 22.4 Å². The number of hydrazine groups is 1. The van der Waals surface area contributed by atoms with Gasteiger partial charge in [0.1, 0.15) is 6.04 Å². The number of nitrogens with zero attached hydrogens (tertiary/aromatic N) is 2. The average molecular weight is 532 g/mol. The lowest BCUT2D eigenvalue weighted by molar-refractivity contribution is -0.157. The molecule has 0 spiro atoms. The number of benzene rings is 2. The molecule has 6 nitrogen and oxygen atoms in total. The number of hydrogen-bond acceptors (Lipinski definition) is 4. The number of allylic oxidation sites excluding steroid dienone is 2. The Balaban J connectivity index is 1.60. The van der Waals surface area contributed by atoms with Crippen molar-refractivity contribution in [1.82, 2.24) is 10.0 Å².